The molecule has 2 aromatic heterocycles. The van der Waals surface area contributed by atoms with Gasteiger partial charge in [-0.05, 0) is 55.0 Å². The first-order valence-electron chi connectivity index (χ1n) is 11.9. The molecule has 36 heavy (non-hydrogen) atoms. The minimum absolute atomic E-state index is 0.0283. The van der Waals surface area contributed by atoms with E-state index >= 15 is 0 Å². The van der Waals surface area contributed by atoms with Crippen LogP contribution < -0.4 is 10.9 Å². The molecule has 0 saturated heterocycles. The number of amides is 1. The number of allylic oxidation sites excluding steroid dienone is 1. The van der Waals surface area contributed by atoms with Crippen LogP contribution >= 0.6 is 34.9 Å². The summed E-state index contributed by atoms with van der Waals surface area (Å²) < 4.78 is 1.65. The Balaban J connectivity index is 1.36. The molecule has 5 rings (SSSR count). The summed E-state index contributed by atoms with van der Waals surface area (Å²) in [6.45, 7) is 6.44. The van der Waals surface area contributed by atoms with Gasteiger partial charge in [-0.2, -0.15) is 0 Å². The Kier molecular flexibility index (Phi) is 7.65. The first kappa shape index (κ1) is 24.9. The Morgan fingerprint density at radius 3 is 2.81 bits per heavy atom. The fraction of sp³-hybridized carbons (Fsp3) is 0.250. The molecule has 5 nitrogen and oxygen atoms in total. The van der Waals surface area contributed by atoms with E-state index in [1.807, 2.05) is 54.6 Å². The van der Waals surface area contributed by atoms with Crippen LogP contribution in [-0.4, -0.2) is 21.2 Å². The molecular formula is C28H27N3O2S3. The monoisotopic (exact) mass is 533 g/mol. The number of rotatable bonds is 8. The number of nitrogens with zero attached hydrogens (tertiary/aromatic N) is 2. The summed E-state index contributed by atoms with van der Waals surface area (Å²) in [6.07, 6.45) is 4.73. The molecule has 0 spiro atoms. The molecule has 0 radical (unpaired) electrons. The van der Waals surface area contributed by atoms with Crippen molar-refractivity contribution in [3.63, 3.8) is 0 Å². The van der Waals surface area contributed by atoms with Crippen molar-refractivity contribution in [3.8, 4) is 0 Å². The second-order valence-corrected chi connectivity index (χ2v) is 12.0. The second kappa shape index (κ2) is 11.1. The number of hydrogen-bond donors (Lipinski definition) is 1. The van der Waals surface area contributed by atoms with Gasteiger partial charge in [-0.25, -0.2) is 4.98 Å². The molecule has 1 atom stereocenters. The van der Waals surface area contributed by atoms with Crippen molar-refractivity contribution < 1.29 is 4.79 Å². The Morgan fingerprint density at radius 2 is 2.00 bits per heavy atom. The lowest BCUT2D eigenvalue weighted by atomic mass is 9.89. The maximum atomic E-state index is 13.5. The van der Waals surface area contributed by atoms with E-state index < -0.39 is 0 Å². The summed E-state index contributed by atoms with van der Waals surface area (Å²) in [5.74, 6) is 0.642. The average Bonchev–Trinajstić information content (AvgIpc) is 3.24. The topological polar surface area (TPSA) is 64.0 Å². The molecule has 2 heterocycles. The number of fused-ring (bicyclic) bond motifs is 3. The lowest BCUT2D eigenvalue weighted by Gasteiger charge is -2.17. The molecule has 184 valence electrons. The number of aryl methyl sites for hydroxylation is 1. The minimum atomic E-state index is -0.139. The van der Waals surface area contributed by atoms with Crippen LogP contribution in [0, 0.1) is 5.92 Å². The van der Waals surface area contributed by atoms with E-state index in [0.717, 1.165) is 45.0 Å². The molecule has 1 aliphatic carbocycles. The Morgan fingerprint density at radius 1 is 1.22 bits per heavy atom. The molecule has 1 N–H and O–H groups in total. The van der Waals surface area contributed by atoms with Crippen molar-refractivity contribution in [3.05, 3.63) is 88.0 Å². The fourth-order valence-electron chi connectivity index (χ4n) is 4.40. The van der Waals surface area contributed by atoms with Crippen molar-refractivity contribution >= 4 is 56.7 Å². The number of thiophene rings is 1. The van der Waals surface area contributed by atoms with Crippen LogP contribution in [0.5, 0.6) is 0 Å². The van der Waals surface area contributed by atoms with Crippen LogP contribution in [0.4, 0.5) is 5.69 Å². The molecule has 1 amide bonds. The van der Waals surface area contributed by atoms with Crippen LogP contribution in [0.1, 0.15) is 23.8 Å². The third-order valence-electron chi connectivity index (χ3n) is 6.16. The lowest BCUT2D eigenvalue weighted by Crippen LogP contribution is -2.24. The molecule has 0 saturated carbocycles. The van der Waals surface area contributed by atoms with Gasteiger partial charge in [-0.1, -0.05) is 66.9 Å². The van der Waals surface area contributed by atoms with Gasteiger partial charge in [0.25, 0.3) is 5.56 Å². The smallest absolute Gasteiger partial charge is 0.263 e. The second-order valence-electron chi connectivity index (χ2n) is 8.88. The van der Waals surface area contributed by atoms with Gasteiger partial charge in [0.15, 0.2) is 5.16 Å². The van der Waals surface area contributed by atoms with Crippen LogP contribution in [0.3, 0.4) is 0 Å². The zero-order valence-electron chi connectivity index (χ0n) is 20.0. The maximum absolute atomic E-state index is 13.5. The molecular weight excluding hydrogens is 507 g/mol. The van der Waals surface area contributed by atoms with Crippen molar-refractivity contribution in [1.82, 2.24) is 9.55 Å². The number of carbonyl (C=O) groups excluding carboxylic acids is 1. The lowest BCUT2D eigenvalue weighted by molar-refractivity contribution is -0.113. The number of benzene rings is 2. The van der Waals surface area contributed by atoms with Gasteiger partial charge in [0.2, 0.25) is 5.91 Å². The van der Waals surface area contributed by atoms with Crippen molar-refractivity contribution in [1.29, 1.82) is 0 Å². The van der Waals surface area contributed by atoms with Gasteiger partial charge in [0, 0.05) is 21.2 Å². The molecule has 0 aliphatic heterocycles. The van der Waals surface area contributed by atoms with Crippen LogP contribution in [0.2, 0.25) is 0 Å². The number of anilines is 1. The van der Waals surface area contributed by atoms with Gasteiger partial charge in [0.05, 0.1) is 16.8 Å². The molecule has 0 unspecified atom stereocenters. The van der Waals surface area contributed by atoms with Crippen molar-refractivity contribution in [2.45, 2.75) is 47.7 Å². The van der Waals surface area contributed by atoms with Crippen LogP contribution in [0.25, 0.3) is 10.2 Å². The summed E-state index contributed by atoms with van der Waals surface area (Å²) in [5.41, 5.74) is 1.91. The normalized spacial score (nSPS) is 15.0. The quantitative estimate of drug-likeness (QED) is 0.156. The highest BCUT2D eigenvalue weighted by Gasteiger charge is 2.24. The van der Waals surface area contributed by atoms with Gasteiger partial charge < -0.3 is 5.32 Å². The minimum Gasteiger partial charge on any atom is -0.324 e. The number of carbonyl (C=O) groups is 1. The average molecular weight is 534 g/mol. The highest BCUT2D eigenvalue weighted by Crippen LogP contribution is 2.37. The Hall–Kier alpha value is -2.81. The molecule has 8 heteroatoms. The first-order chi connectivity index (χ1) is 17.5. The van der Waals surface area contributed by atoms with Crippen molar-refractivity contribution in [2.24, 2.45) is 5.92 Å². The summed E-state index contributed by atoms with van der Waals surface area (Å²) >= 11 is 4.53. The molecule has 4 aromatic rings. The largest absolute Gasteiger partial charge is 0.324 e. The number of thioether (sulfide) groups is 1. The van der Waals surface area contributed by atoms with Gasteiger partial charge in [-0.15, -0.1) is 17.9 Å². The summed E-state index contributed by atoms with van der Waals surface area (Å²) in [4.78, 5) is 35.4. The van der Waals surface area contributed by atoms with E-state index in [-0.39, 0.29) is 17.2 Å². The third-order valence-corrected chi connectivity index (χ3v) is 9.36. The third kappa shape index (κ3) is 5.31. The van der Waals surface area contributed by atoms with Gasteiger partial charge in [-0.3, -0.25) is 14.2 Å². The molecule has 0 fully saturated rings. The van der Waals surface area contributed by atoms with E-state index in [0.29, 0.717) is 17.6 Å². The maximum Gasteiger partial charge on any atom is 0.263 e. The molecule has 0 bridgehead atoms. The molecule has 2 aromatic carbocycles. The van der Waals surface area contributed by atoms with Crippen molar-refractivity contribution in [2.75, 3.05) is 11.1 Å². The summed E-state index contributed by atoms with van der Waals surface area (Å²) in [5, 5.41) is 4.35. The highest BCUT2D eigenvalue weighted by molar-refractivity contribution is 8.00. The number of para-hydroxylation sites is 1. The van der Waals surface area contributed by atoms with E-state index in [1.54, 1.807) is 33.7 Å². The number of aromatic nitrogens is 2. The first-order valence-corrected chi connectivity index (χ1v) is 14.6. The number of nitrogens with one attached hydrogen (secondary N) is 1. The van der Waals surface area contributed by atoms with E-state index in [1.165, 1.54) is 22.2 Å². The Bertz CT molecular complexity index is 1480. The predicted octanol–water partition coefficient (Wildman–Crippen LogP) is 6.65. The summed E-state index contributed by atoms with van der Waals surface area (Å²) in [6, 6.07) is 17.8. The molecule has 1 aliphatic rings. The van der Waals surface area contributed by atoms with E-state index in [4.69, 9.17) is 4.98 Å². The zero-order chi connectivity index (χ0) is 25.1. The predicted molar refractivity (Wildman–Crippen MR) is 152 cm³/mol. The summed E-state index contributed by atoms with van der Waals surface area (Å²) in [7, 11) is 0. The highest BCUT2D eigenvalue weighted by atomic mass is 32.2. The van der Waals surface area contributed by atoms with Gasteiger partial charge >= 0.3 is 0 Å². The standard InChI is InChI=1S/C28H27N3O2S3/c1-3-15-31-27(33)25-20-14-13-18(2)16-23(20)36-26(25)30-28(31)34-17-24(32)29-21-11-7-8-12-22(21)35-19-9-5-4-6-10-19/h3-12,18H,1,13-17H2,2H3,(H,29,32)/t18-/m1/s1. The number of hydrogen-bond acceptors (Lipinski definition) is 6. The van der Waals surface area contributed by atoms with Crippen LogP contribution in [-0.2, 0) is 24.2 Å². The fourth-order valence-corrected chi connectivity index (χ4v) is 7.55. The van der Waals surface area contributed by atoms with E-state index in [9.17, 15) is 9.59 Å². The SMILES string of the molecule is C=CCn1c(SCC(=O)Nc2ccccc2Sc2ccccc2)nc2sc3c(c2c1=O)CC[C@@H](C)C3. The van der Waals surface area contributed by atoms with Crippen LogP contribution in [0.15, 0.2) is 87.0 Å². The van der Waals surface area contributed by atoms with Gasteiger partial charge in [0.1, 0.15) is 4.83 Å². The van der Waals surface area contributed by atoms with E-state index in [2.05, 4.69) is 18.8 Å². The zero-order valence-corrected chi connectivity index (χ0v) is 22.5. The Labute approximate surface area is 223 Å².